The summed E-state index contributed by atoms with van der Waals surface area (Å²) in [6.07, 6.45) is 0. The molecule has 0 saturated carbocycles. The Hall–Kier alpha value is -2.81. The van der Waals surface area contributed by atoms with E-state index >= 15 is 0 Å². The SMILES string of the molecule is CNN(C)/C(=C(\C)Cl)c1cc(NC(=O)c2ccc(OC)c(F)c2)ccc1OCCN. The van der Waals surface area contributed by atoms with Crippen molar-refractivity contribution in [3.8, 4) is 11.5 Å². The molecule has 0 aliphatic carbocycles. The zero-order valence-corrected chi connectivity index (χ0v) is 18.1. The second kappa shape index (κ2) is 10.8. The van der Waals surface area contributed by atoms with Crippen molar-refractivity contribution in [2.24, 2.45) is 5.73 Å². The summed E-state index contributed by atoms with van der Waals surface area (Å²) < 4.78 is 24.6. The van der Waals surface area contributed by atoms with E-state index in [2.05, 4.69) is 10.7 Å². The van der Waals surface area contributed by atoms with Crippen LogP contribution in [-0.2, 0) is 0 Å². The van der Waals surface area contributed by atoms with Crippen LogP contribution in [0.4, 0.5) is 10.1 Å². The fourth-order valence-corrected chi connectivity index (χ4v) is 3.04. The highest BCUT2D eigenvalue weighted by molar-refractivity contribution is 6.32. The first-order chi connectivity index (χ1) is 14.3. The highest BCUT2D eigenvalue weighted by atomic mass is 35.5. The topological polar surface area (TPSA) is 88.8 Å². The molecule has 0 unspecified atom stereocenters. The molecule has 0 heterocycles. The van der Waals surface area contributed by atoms with Gasteiger partial charge in [-0.15, -0.1) is 0 Å². The van der Waals surface area contributed by atoms with E-state index in [0.717, 1.165) is 6.07 Å². The Kier molecular flexibility index (Phi) is 8.46. The van der Waals surface area contributed by atoms with Crippen molar-refractivity contribution in [1.29, 1.82) is 0 Å². The molecule has 0 atom stereocenters. The summed E-state index contributed by atoms with van der Waals surface area (Å²) in [5.74, 6) is -0.452. The molecule has 162 valence electrons. The number of hydrogen-bond donors (Lipinski definition) is 3. The van der Waals surface area contributed by atoms with Gasteiger partial charge in [0, 0.05) is 42.5 Å². The monoisotopic (exact) mass is 436 g/mol. The van der Waals surface area contributed by atoms with E-state index < -0.39 is 11.7 Å². The number of ether oxygens (including phenoxy) is 2. The summed E-state index contributed by atoms with van der Waals surface area (Å²) >= 11 is 6.33. The molecule has 1 amide bonds. The van der Waals surface area contributed by atoms with Crippen LogP contribution < -0.4 is 25.9 Å². The minimum Gasteiger partial charge on any atom is -0.494 e. The molecular weight excluding hydrogens is 411 g/mol. The van der Waals surface area contributed by atoms with Gasteiger partial charge in [0.1, 0.15) is 12.4 Å². The number of nitrogens with two attached hydrogens (primary N) is 1. The van der Waals surface area contributed by atoms with Gasteiger partial charge in [-0.2, -0.15) is 0 Å². The molecule has 30 heavy (non-hydrogen) atoms. The first kappa shape index (κ1) is 23.5. The summed E-state index contributed by atoms with van der Waals surface area (Å²) in [5, 5.41) is 5.02. The van der Waals surface area contributed by atoms with Gasteiger partial charge in [0.15, 0.2) is 11.6 Å². The van der Waals surface area contributed by atoms with Crippen LogP contribution in [0.5, 0.6) is 11.5 Å². The van der Waals surface area contributed by atoms with E-state index in [0.29, 0.717) is 40.9 Å². The summed E-state index contributed by atoms with van der Waals surface area (Å²) in [6, 6.07) is 9.15. The first-order valence-corrected chi connectivity index (χ1v) is 9.59. The molecular formula is C21H26ClFN4O3. The quantitative estimate of drug-likeness (QED) is 0.522. The molecule has 9 heteroatoms. The van der Waals surface area contributed by atoms with Crippen molar-refractivity contribution >= 4 is 28.9 Å². The molecule has 0 aromatic heterocycles. The van der Waals surface area contributed by atoms with Crippen LogP contribution >= 0.6 is 11.6 Å². The van der Waals surface area contributed by atoms with E-state index in [4.69, 9.17) is 26.8 Å². The Morgan fingerprint density at radius 3 is 2.50 bits per heavy atom. The number of carbonyl (C=O) groups is 1. The van der Waals surface area contributed by atoms with Crippen molar-refractivity contribution in [2.45, 2.75) is 6.92 Å². The summed E-state index contributed by atoms with van der Waals surface area (Å²) in [7, 11) is 4.92. The fourth-order valence-electron chi connectivity index (χ4n) is 2.81. The molecule has 0 radical (unpaired) electrons. The van der Waals surface area contributed by atoms with E-state index in [1.807, 2.05) is 0 Å². The van der Waals surface area contributed by atoms with E-state index in [-0.39, 0.29) is 11.3 Å². The molecule has 4 N–H and O–H groups in total. The van der Waals surface area contributed by atoms with E-state index in [1.165, 1.54) is 19.2 Å². The van der Waals surface area contributed by atoms with Gasteiger partial charge in [0.2, 0.25) is 0 Å². The van der Waals surface area contributed by atoms with Crippen LogP contribution in [0.15, 0.2) is 41.4 Å². The van der Waals surface area contributed by atoms with Crippen LogP contribution in [0.1, 0.15) is 22.8 Å². The predicted octanol–water partition coefficient (Wildman–Crippen LogP) is 3.42. The third-order valence-corrected chi connectivity index (χ3v) is 4.46. The zero-order chi connectivity index (χ0) is 22.3. The lowest BCUT2D eigenvalue weighted by Gasteiger charge is -2.25. The Morgan fingerprint density at radius 1 is 1.23 bits per heavy atom. The number of hydrogen-bond acceptors (Lipinski definition) is 6. The van der Waals surface area contributed by atoms with Crippen LogP contribution in [0.25, 0.3) is 5.70 Å². The van der Waals surface area contributed by atoms with Gasteiger partial charge >= 0.3 is 0 Å². The predicted molar refractivity (Wildman–Crippen MR) is 117 cm³/mol. The number of amides is 1. The second-order valence-corrected chi connectivity index (χ2v) is 6.88. The number of hydrazine groups is 1. The maximum atomic E-state index is 13.9. The smallest absolute Gasteiger partial charge is 0.255 e. The fraction of sp³-hybridized carbons (Fsp3) is 0.286. The number of allylic oxidation sites excluding steroid dienone is 1. The van der Waals surface area contributed by atoms with Gasteiger partial charge in [-0.3, -0.25) is 4.79 Å². The standard InChI is InChI=1S/C21H26ClFN4O3/c1-13(22)20(27(3)25-2)16-12-15(6-8-18(16)30-10-9-24)26-21(28)14-5-7-19(29-4)17(23)11-14/h5-8,11-12,25H,9-10,24H2,1-4H3,(H,26,28)/b20-13+. The van der Waals surface area contributed by atoms with Crippen LogP contribution in [0, 0.1) is 5.82 Å². The van der Waals surface area contributed by atoms with Crippen molar-refractivity contribution in [1.82, 2.24) is 10.4 Å². The number of benzene rings is 2. The number of rotatable bonds is 9. The van der Waals surface area contributed by atoms with Crippen molar-refractivity contribution < 1.29 is 18.7 Å². The molecule has 0 bridgehead atoms. The lowest BCUT2D eigenvalue weighted by molar-refractivity contribution is 0.102. The largest absolute Gasteiger partial charge is 0.494 e. The van der Waals surface area contributed by atoms with Crippen molar-refractivity contribution in [3.05, 3.63) is 58.4 Å². The summed E-state index contributed by atoms with van der Waals surface area (Å²) in [6.45, 7) is 2.42. The lowest BCUT2D eigenvalue weighted by atomic mass is 10.1. The molecule has 0 aliphatic rings. The molecule has 2 rings (SSSR count). The maximum absolute atomic E-state index is 13.9. The minimum absolute atomic E-state index is 0.0673. The number of methoxy groups -OCH3 is 1. The Bertz CT molecular complexity index is 932. The van der Waals surface area contributed by atoms with Gasteiger partial charge in [0.05, 0.1) is 12.8 Å². The number of carbonyl (C=O) groups excluding carboxylic acids is 1. The highest BCUT2D eigenvalue weighted by Gasteiger charge is 2.18. The molecule has 0 spiro atoms. The number of nitrogens with one attached hydrogen (secondary N) is 2. The Labute approximate surface area is 180 Å². The summed E-state index contributed by atoms with van der Waals surface area (Å²) in [4.78, 5) is 12.6. The minimum atomic E-state index is -0.616. The third kappa shape index (κ3) is 5.63. The Morgan fingerprint density at radius 2 is 1.93 bits per heavy atom. The summed E-state index contributed by atoms with van der Waals surface area (Å²) in [5.41, 5.74) is 10.5. The molecule has 0 aliphatic heterocycles. The molecule has 0 fully saturated rings. The van der Waals surface area contributed by atoms with Crippen LogP contribution in [0.2, 0.25) is 0 Å². The molecule has 2 aromatic rings. The molecule has 7 nitrogen and oxygen atoms in total. The van der Waals surface area contributed by atoms with Gasteiger partial charge in [0.25, 0.3) is 5.91 Å². The first-order valence-electron chi connectivity index (χ1n) is 9.22. The van der Waals surface area contributed by atoms with Gasteiger partial charge < -0.3 is 25.5 Å². The average Bonchev–Trinajstić information content (AvgIpc) is 2.72. The van der Waals surface area contributed by atoms with Crippen molar-refractivity contribution in [2.75, 3.05) is 39.7 Å². The normalized spacial score (nSPS) is 11.6. The van der Waals surface area contributed by atoms with Crippen LogP contribution in [-0.4, -0.2) is 45.3 Å². The van der Waals surface area contributed by atoms with Crippen molar-refractivity contribution in [3.63, 3.8) is 0 Å². The van der Waals surface area contributed by atoms with Gasteiger partial charge in [-0.1, -0.05) is 11.6 Å². The van der Waals surface area contributed by atoms with E-state index in [1.54, 1.807) is 44.2 Å². The zero-order valence-electron chi connectivity index (χ0n) is 17.4. The third-order valence-electron chi connectivity index (χ3n) is 4.28. The van der Waals surface area contributed by atoms with Gasteiger partial charge in [-0.25, -0.2) is 9.82 Å². The van der Waals surface area contributed by atoms with E-state index in [9.17, 15) is 9.18 Å². The highest BCUT2D eigenvalue weighted by Crippen LogP contribution is 2.33. The maximum Gasteiger partial charge on any atom is 0.255 e. The average molecular weight is 437 g/mol. The lowest BCUT2D eigenvalue weighted by Crippen LogP contribution is -2.30. The molecule has 0 saturated heterocycles. The number of halogens is 2. The number of nitrogens with zero attached hydrogens (tertiary/aromatic N) is 1. The number of anilines is 1. The van der Waals surface area contributed by atoms with Gasteiger partial charge in [-0.05, 0) is 43.3 Å². The second-order valence-electron chi connectivity index (χ2n) is 6.32. The Balaban J connectivity index is 2.40. The van der Waals surface area contributed by atoms with Crippen LogP contribution in [0.3, 0.4) is 0 Å². The molecule has 2 aromatic carbocycles.